The third-order valence-corrected chi connectivity index (χ3v) is 6.42. The van der Waals surface area contributed by atoms with Crippen LogP contribution in [0.5, 0.6) is 0 Å². The molecule has 1 atom stereocenters. The van der Waals surface area contributed by atoms with E-state index in [0.29, 0.717) is 44.0 Å². The van der Waals surface area contributed by atoms with E-state index in [9.17, 15) is 14.3 Å². The SMILES string of the molecule is Cc1nc2cc(F)c(-c3cnc(C(C)(C)O)nc3)cc2c(NC(C)c2cc(CC(N)=O)ccc2F)c1Cl. The lowest BCUT2D eigenvalue weighted by Crippen LogP contribution is -2.19. The molecule has 0 aliphatic carbocycles. The quantitative estimate of drug-likeness (QED) is 0.299. The van der Waals surface area contributed by atoms with E-state index >= 15 is 4.39 Å². The van der Waals surface area contributed by atoms with Gasteiger partial charge in [-0.2, -0.15) is 0 Å². The number of rotatable bonds is 7. The summed E-state index contributed by atoms with van der Waals surface area (Å²) in [5, 5.41) is 14.2. The molecular formula is C27H26ClF2N5O2. The zero-order valence-electron chi connectivity index (χ0n) is 20.7. The molecular weight excluding hydrogens is 500 g/mol. The van der Waals surface area contributed by atoms with Gasteiger partial charge >= 0.3 is 0 Å². The van der Waals surface area contributed by atoms with E-state index < -0.39 is 29.2 Å². The van der Waals surface area contributed by atoms with Crippen LogP contribution in [-0.2, 0) is 16.8 Å². The normalized spacial score (nSPS) is 12.5. The fourth-order valence-electron chi connectivity index (χ4n) is 4.06. The van der Waals surface area contributed by atoms with Crippen molar-refractivity contribution in [3.63, 3.8) is 0 Å². The third kappa shape index (κ3) is 5.52. The first-order valence-electron chi connectivity index (χ1n) is 11.5. The van der Waals surface area contributed by atoms with Crippen molar-refractivity contribution in [3.05, 3.63) is 82.0 Å². The molecule has 7 nitrogen and oxygen atoms in total. The average molecular weight is 526 g/mol. The van der Waals surface area contributed by atoms with Crippen LogP contribution < -0.4 is 11.1 Å². The van der Waals surface area contributed by atoms with Crippen LogP contribution in [0.1, 0.15) is 49.5 Å². The lowest BCUT2D eigenvalue weighted by Gasteiger charge is -2.21. The summed E-state index contributed by atoms with van der Waals surface area (Å²) < 4.78 is 29.9. The van der Waals surface area contributed by atoms with Crippen LogP contribution in [0.25, 0.3) is 22.0 Å². The van der Waals surface area contributed by atoms with Crippen molar-refractivity contribution in [1.29, 1.82) is 0 Å². The first-order chi connectivity index (χ1) is 17.3. The minimum absolute atomic E-state index is 0.0188. The number of aromatic nitrogens is 3. The van der Waals surface area contributed by atoms with Crippen molar-refractivity contribution in [2.24, 2.45) is 5.73 Å². The summed E-state index contributed by atoms with van der Waals surface area (Å²) in [6, 6.07) is 6.68. The van der Waals surface area contributed by atoms with Gasteiger partial charge in [0.05, 0.1) is 34.4 Å². The number of hydrogen-bond donors (Lipinski definition) is 3. The number of halogens is 3. The molecule has 10 heteroatoms. The van der Waals surface area contributed by atoms with Gasteiger partial charge in [0.25, 0.3) is 0 Å². The maximum atomic E-state index is 15.1. The minimum Gasteiger partial charge on any atom is -0.382 e. The maximum absolute atomic E-state index is 15.1. The number of carbonyl (C=O) groups is 1. The van der Waals surface area contributed by atoms with Crippen LogP contribution >= 0.6 is 11.6 Å². The molecule has 37 heavy (non-hydrogen) atoms. The Bertz CT molecular complexity index is 1500. The highest BCUT2D eigenvalue weighted by Crippen LogP contribution is 2.38. The van der Waals surface area contributed by atoms with Gasteiger partial charge in [-0.1, -0.05) is 23.7 Å². The molecule has 0 saturated heterocycles. The molecule has 0 bridgehead atoms. The Labute approximate surface area is 217 Å². The summed E-state index contributed by atoms with van der Waals surface area (Å²) in [4.78, 5) is 24.1. The number of anilines is 1. The number of nitrogens with one attached hydrogen (secondary N) is 1. The molecule has 0 saturated carbocycles. The summed E-state index contributed by atoms with van der Waals surface area (Å²) in [6.45, 7) is 6.55. The molecule has 0 aliphatic rings. The van der Waals surface area contributed by atoms with Crippen molar-refractivity contribution in [2.45, 2.75) is 45.8 Å². The molecule has 2 aromatic heterocycles. The van der Waals surface area contributed by atoms with E-state index in [1.807, 2.05) is 0 Å². The molecule has 0 spiro atoms. The number of primary amides is 1. The molecule has 4 N–H and O–H groups in total. The van der Waals surface area contributed by atoms with Crippen LogP contribution in [0.2, 0.25) is 5.02 Å². The molecule has 192 valence electrons. The first-order valence-corrected chi connectivity index (χ1v) is 11.9. The molecule has 0 fully saturated rings. The lowest BCUT2D eigenvalue weighted by molar-refractivity contribution is -0.117. The number of aryl methyl sites for hydroxylation is 1. The van der Waals surface area contributed by atoms with E-state index in [1.54, 1.807) is 39.8 Å². The molecule has 1 amide bonds. The van der Waals surface area contributed by atoms with Gasteiger partial charge in [-0.3, -0.25) is 9.78 Å². The van der Waals surface area contributed by atoms with Gasteiger partial charge in [0, 0.05) is 40.5 Å². The van der Waals surface area contributed by atoms with Gasteiger partial charge in [0.15, 0.2) is 5.82 Å². The monoisotopic (exact) mass is 525 g/mol. The Kier molecular flexibility index (Phi) is 7.12. The third-order valence-electron chi connectivity index (χ3n) is 5.96. The number of hydrogen-bond acceptors (Lipinski definition) is 6. The number of amides is 1. The summed E-state index contributed by atoms with van der Waals surface area (Å²) in [7, 11) is 0. The predicted octanol–water partition coefficient (Wildman–Crippen LogP) is 5.36. The van der Waals surface area contributed by atoms with E-state index in [2.05, 4.69) is 20.3 Å². The van der Waals surface area contributed by atoms with Gasteiger partial charge in [0.1, 0.15) is 17.2 Å². The van der Waals surface area contributed by atoms with Gasteiger partial charge in [-0.15, -0.1) is 0 Å². The van der Waals surface area contributed by atoms with Crippen molar-refractivity contribution in [2.75, 3.05) is 5.32 Å². The molecule has 0 aliphatic heterocycles. The number of fused-ring (bicyclic) bond motifs is 1. The minimum atomic E-state index is -1.24. The van der Waals surface area contributed by atoms with Crippen LogP contribution in [0.4, 0.5) is 14.5 Å². The Balaban J connectivity index is 1.80. The molecule has 2 aromatic carbocycles. The van der Waals surface area contributed by atoms with Crippen molar-refractivity contribution in [1.82, 2.24) is 15.0 Å². The maximum Gasteiger partial charge on any atom is 0.221 e. The number of carbonyl (C=O) groups excluding carboxylic acids is 1. The lowest BCUT2D eigenvalue weighted by atomic mass is 10.0. The largest absolute Gasteiger partial charge is 0.382 e. The van der Waals surface area contributed by atoms with Crippen LogP contribution in [0.15, 0.2) is 42.7 Å². The Morgan fingerprint density at radius 3 is 2.46 bits per heavy atom. The second kappa shape index (κ2) is 9.99. The Morgan fingerprint density at radius 1 is 1.16 bits per heavy atom. The zero-order chi connectivity index (χ0) is 27.1. The van der Waals surface area contributed by atoms with Crippen LogP contribution in [0, 0.1) is 18.6 Å². The van der Waals surface area contributed by atoms with E-state index in [1.165, 1.54) is 30.6 Å². The fraction of sp³-hybridized carbons (Fsp3) is 0.259. The van der Waals surface area contributed by atoms with Gasteiger partial charge < -0.3 is 16.2 Å². The smallest absolute Gasteiger partial charge is 0.221 e. The Morgan fingerprint density at radius 2 is 1.84 bits per heavy atom. The second-order valence-electron chi connectivity index (χ2n) is 9.45. The first kappa shape index (κ1) is 26.4. The topological polar surface area (TPSA) is 114 Å². The molecule has 0 radical (unpaired) electrons. The van der Waals surface area contributed by atoms with E-state index in [4.69, 9.17) is 17.3 Å². The fourth-order valence-corrected chi connectivity index (χ4v) is 4.26. The summed E-state index contributed by atoms with van der Waals surface area (Å²) >= 11 is 6.63. The highest BCUT2D eigenvalue weighted by Gasteiger charge is 2.22. The van der Waals surface area contributed by atoms with Crippen molar-refractivity contribution < 1.29 is 18.7 Å². The molecule has 4 rings (SSSR count). The number of pyridine rings is 1. The summed E-state index contributed by atoms with van der Waals surface area (Å²) in [6.07, 6.45) is 2.85. The van der Waals surface area contributed by atoms with Gasteiger partial charge in [-0.05, 0) is 45.4 Å². The number of benzene rings is 2. The number of nitrogens with zero attached hydrogens (tertiary/aromatic N) is 3. The standard InChI is InChI=1S/C27H26ClF2N5O2/c1-13(17-7-15(8-23(31)36)5-6-20(17)29)35-25-19-9-18(16-11-32-26(33-12-16)27(3,4)37)21(30)10-22(19)34-14(2)24(25)28/h5-7,9-13,37H,8H2,1-4H3,(H2,31,36)(H,34,35). The van der Waals surface area contributed by atoms with Crippen molar-refractivity contribution in [3.8, 4) is 11.1 Å². The molecule has 2 heterocycles. The van der Waals surface area contributed by atoms with Gasteiger partial charge in [-0.25, -0.2) is 18.7 Å². The van der Waals surface area contributed by atoms with E-state index in [-0.39, 0.29) is 17.8 Å². The Hall–Kier alpha value is -3.69. The van der Waals surface area contributed by atoms with Crippen molar-refractivity contribution >= 4 is 34.1 Å². The van der Waals surface area contributed by atoms with E-state index in [0.717, 1.165) is 0 Å². The zero-order valence-corrected chi connectivity index (χ0v) is 21.5. The number of nitrogens with two attached hydrogens (primary N) is 1. The number of aliphatic hydroxyl groups is 1. The summed E-state index contributed by atoms with van der Waals surface area (Å²) in [5.41, 5.74) is 6.83. The average Bonchev–Trinajstić information content (AvgIpc) is 2.82. The highest BCUT2D eigenvalue weighted by molar-refractivity contribution is 6.35. The molecule has 4 aromatic rings. The predicted molar refractivity (Wildman–Crippen MR) is 139 cm³/mol. The van der Waals surface area contributed by atoms with Crippen LogP contribution in [0.3, 0.4) is 0 Å². The van der Waals surface area contributed by atoms with Gasteiger partial charge in [0.2, 0.25) is 5.91 Å². The highest BCUT2D eigenvalue weighted by atomic mass is 35.5. The van der Waals surface area contributed by atoms with Crippen LogP contribution in [-0.4, -0.2) is 26.0 Å². The summed E-state index contributed by atoms with van der Waals surface area (Å²) in [5.74, 6) is -1.32. The second-order valence-corrected chi connectivity index (χ2v) is 9.83. The molecule has 1 unspecified atom stereocenters.